The number of hydrogen-bond donors (Lipinski definition) is 2. The Kier molecular flexibility index (Phi) is 5.52. The minimum atomic E-state index is -0.890. The molecule has 0 fully saturated rings. The highest BCUT2D eigenvalue weighted by Crippen LogP contribution is 2.30. The van der Waals surface area contributed by atoms with E-state index in [0.29, 0.717) is 5.06 Å². The Hall–Kier alpha value is -2.18. The molecule has 0 saturated carbocycles. The zero-order valence-electron chi connectivity index (χ0n) is 12.9. The number of nitrogens with zero attached hydrogens (tertiary/aromatic N) is 1. The molecule has 6 heteroatoms. The quantitative estimate of drug-likeness (QED) is 0.635. The van der Waals surface area contributed by atoms with Gasteiger partial charge in [-0.25, -0.2) is 9.18 Å². The average molecular weight is 334 g/mol. The molecule has 0 aliphatic heterocycles. The van der Waals surface area contributed by atoms with Crippen LogP contribution in [-0.2, 0) is 0 Å². The van der Waals surface area contributed by atoms with Crippen molar-refractivity contribution < 1.29 is 14.4 Å². The molecule has 0 bridgehead atoms. The second-order valence-electron chi connectivity index (χ2n) is 5.30. The number of carbonyl (C=O) groups excluding carboxylic acids is 1. The molecule has 1 aromatic heterocycles. The van der Waals surface area contributed by atoms with Gasteiger partial charge in [0.25, 0.3) is 0 Å². The fraction of sp³-hybridized carbons (Fsp3) is 0.235. The molecule has 1 aromatic carbocycles. The predicted molar refractivity (Wildman–Crippen MR) is 89.9 cm³/mol. The van der Waals surface area contributed by atoms with Crippen molar-refractivity contribution in [3.8, 4) is 0 Å². The van der Waals surface area contributed by atoms with Crippen molar-refractivity contribution in [3.63, 3.8) is 0 Å². The summed E-state index contributed by atoms with van der Waals surface area (Å²) < 4.78 is 13.0. The van der Waals surface area contributed by atoms with E-state index < -0.39 is 12.1 Å². The van der Waals surface area contributed by atoms with E-state index in [1.807, 2.05) is 18.2 Å². The van der Waals surface area contributed by atoms with Crippen LogP contribution in [0.3, 0.4) is 0 Å². The number of benzene rings is 1. The average Bonchev–Trinajstić information content (AvgIpc) is 3.00. The smallest absolute Gasteiger partial charge is 0.339 e. The molecule has 1 heterocycles. The number of carbonyl (C=O) groups is 1. The van der Waals surface area contributed by atoms with E-state index in [1.54, 1.807) is 36.5 Å². The molecule has 0 saturated heterocycles. The number of amides is 2. The summed E-state index contributed by atoms with van der Waals surface area (Å²) in [5.41, 5.74) is 6.05. The Morgan fingerprint density at radius 2 is 1.91 bits per heavy atom. The lowest BCUT2D eigenvalue weighted by atomic mass is 10.00. The summed E-state index contributed by atoms with van der Waals surface area (Å²) in [5.74, 6) is -0.0760. The minimum absolute atomic E-state index is 0.167. The molecule has 2 unspecified atom stereocenters. The Labute approximate surface area is 138 Å². The van der Waals surface area contributed by atoms with Crippen molar-refractivity contribution in [2.45, 2.75) is 25.8 Å². The molecule has 0 radical (unpaired) electrons. The van der Waals surface area contributed by atoms with Crippen molar-refractivity contribution in [1.29, 1.82) is 0 Å². The van der Waals surface area contributed by atoms with Gasteiger partial charge in [-0.15, -0.1) is 11.3 Å². The summed E-state index contributed by atoms with van der Waals surface area (Å²) in [5, 5.41) is 9.90. The minimum Gasteiger partial charge on any atom is -0.350 e. The Morgan fingerprint density at radius 1 is 1.26 bits per heavy atom. The summed E-state index contributed by atoms with van der Waals surface area (Å²) in [6, 6.07) is 9.08. The van der Waals surface area contributed by atoms with E-state index >= 15 is 0 Å². The number of hydrogen-bond acceptors (Lipinski definition) is 3. The van der Waals surface area contributed by atoms with Gasteiger partial charge in [0.05, 0.1) is 6.04 Å². The van der Waals surface area contributed by atoms with Gasteiger partial charge in [0, 0.05) is 15.7 Å². The van der Waals surface area contributed by atoms with Crippen LogP contribution < -0.4 is 5.73 Å². The van der Waals surface area contributed by atoms with Crippen LogP contribution in [0.25, 0.3) is 6.08 Å². The van der Waals surface area contributed by atoms with Crippen molar-refractivity contribution in [2.75, 3.05) is 0 Å². The maximum absolute atomic E-state index is 13.0. The fourth-order valence-electron chi connectivity index (χ4n) is 2.12. The highest BCUT2D eigenvalue weighted by atomic mass is 32.1. The second kappa shape index (κ2) is 7.39. The van der Waals surface area contributed by atoms with Gasteiger partial charge in [-0.2, -0.15) is 5.06 Å². The third kappa shape index (κ3) is 4.40. The van der Waals surface area contributed by atoms with Gasteiger partial charge in [-0.1, -0.05) is 25.1 Å². The summed E-state index contributed by atoms with van der Waals surface area (Å²) in [6.07, 6.45) is 3.53. The Balaban J connectivity index is 2.08. The maximum atomic E-state index is 13.0. The van der Waals surface area contributed by atoms with E-state index in [2.05, 4.69) is 6.92 Å². The Morgan fingerprint density at radius 3 is 2.52 bits per heavy atom. The van der Waals surface area contributed by atoms with Gasteiger partial charge >= 0.3 is 6.03 Å². The SMILES string of the molecule is CC(c1ccc(F)cc1)c1ccc(C=CC(C)N(O)C(N)=O)s1. The molecule has 2 aromatic rings. The largest absolute Gasteiger partial charge is 0.350 e. The van der Waals surface area contributed by atoms with Crippen LogP contribution in [0.1, 0.15) is 35.1 Å². The van der Waals surface area contributed by atoms with Crippen molar-refractivity contribution in [1.82, 2.24) is 5.06 Å². The van der Waals surface area contributed by atoms with Gasteiger partial charge in [0.1, 0.15) is 5.82 Å². The van der Waals surface area contributed by atoms with E-state index in [4.69, 9.17) is 5.73 Å². The summed E-state index contributed by atoms with van der Waals surface area (Å²) >= 11 is 1.61. The molecule has 23 heavy (non-hydrogen) atoms. The number of halogens is 1. The number of thiophene rings is 1. The summed E-state index contributed by atoms with van der Waals surface area (Å²) in [4.78, 5) is 13.0. The van der Waals surface area contributed by atoms with Crippen LogP contribution in [0.2, 0.25) is 0 Å². The monoisotopic (exact) mass is 334 g/mol. The number of primary amides is 1. The third-order valence-electron chi connectivity index (χ3n) is 3.59. The van der Waals surface area contributed by atoms with Crippen LogP contribution in [-0.4, -0.2) is 22.3 Å². The predicted octanol–water partition coefficient (Wildman–Crippen LogP) is 4.21. The van der Waals surface area contributed by atoms with E-state index in [0.717, 1.165) is 15.3 Å². The first-order chi connectivity index (χ1) is 10.9. The van der Waals surface area contributed by atoms with Crippen LogP contribution in [0, 0.1) is 5.82 Å². The number of nitrogens with two attached hydrogens (primary N) is 1. The van der Waals surface area contributed by atoms with Crippen LogP contribution in [0.15, 0.2) is 42.5 Å². The molecule has 0 aliphatic carbocycles. The zero-order valence-corrected chi connectivity index (χ0v) is 13.8. The summed E-state index contributed by atoms with van der Waals surface area (Å²) in [7, 11) is 0. The topological polar surface area (TPSA) is 66.6 Å². The highest BCUT2D eigenvalue weighted by molar-refractivity contribution is 7.13. The fourth-order valence-corrected chi connectivity index (χ4v) is 3.13. The van der Waals surface area contributed by atoms with Crippen LogP contribution in [0.4, 0.5) is 9.18 Å². The molecule has 0 spiro atoms. The first kappa shape index (κ1) is 17.2. The number of rotatable bonds is 5. The van der Waals surface area contributed by atoms with Gasteiger partial charge in [0.15, 0.2) is 0 Å². The van der Waals surface area contributed by atoms with E-state index in [9.17, 15) is 14.4 Å². The van der Waals surface area contributed by atoms with Crippen LogP contribution in [0.5, 0.6) is 0 Å². The third-order valence-corrected chi connectivity index (χ3v) is 4.83. The molecular weight excluding hydrogens is 315 g/mol. The molecule has 4 nitrogen and oxygen atoms in total. The first-order valence-electron chi connectivity index (χ1n) is 7.19. The molecule has 0 aliphatic rings. The summed E-state index contributed by atoms with van der Waals surface area (Å²) in [6.45, 7) is 3.73. The normalized spacial score (nSPS) is 13.9. The molecule has 2 rings (SSSR count). The van der Waals surface area contributed by atoms with Gasteiger partial charge in [-0.05, 0) is 42.8 Å². The Bertz CT molecular complexity index is 697. The number of urea groups is 1. The van der Waals surface area contributed by atoms with Gasteiger partial charge in [-0.3, -0.25) is 5.21 Å². The lowest BCUT2D eigenvalue weighted by Crippen LogP contribution is -2.38. The number of hydroxylamine groups is 2. The first-order valence-corrected chi connectivity index (χ1v) is 8.01. The van der Waals surface area contributed by atoms with Gasteiger partial charge < -0.3 is 5.73 Å². The van der Waals surface area contributed by atoms with Crippen molar-refractivity contribution in [3.05, 3.63) is 63.6 Å². The molecule has 2 atom stereocenters. The van der Waals surface area contributed by atoms with Gasteiger partial charge in [0.2, 0.25) is 0 Å². The molecule has 122 valence electrons. The lowest BCUT2D eigenvalue weighted by molar-refractivity contribution is -0.0560. The zero-order chi connectivity index (χ0) is 17.0. The van der Waals surface area contributed by atoms with Crippen molar-refractivity contribution in [2.24, 2.45) is 5.73 Å². The maximum Gasteiger partial charge on any atom is 0.339 e. The standard InChI is InChI=1S/C17H19FN2O2S/c1-11(20(22)17(19)21)3-8-15-9-10-16(23-15)12(2)13-4-6-14(18)7-5-13/h3-12,22H,1-2H3,(H2,19,21). The highest BCUT2D eigenvalue weighted by Gasteiger charge is 2.13. The molecule has 2 amide bonds. The lowest BCUT2D eigenvalue weighted by Gasteiger charge is -2.16. The van der Waals surface area contributed by atoms with E-state index in [-0.39, 0.29) is 11.7 Å². The van der Waals surface area contributed by atoms with Crippen LogP contribution >= 0.6 is 11.3 Å². The second-order valence-corrected chi connectivity index (χ2v) is 6.44. The molecule has 3 N–H and O–H groups in total. The van der Waals surface area contributed by atoms with E-state index in [1.165, 1.54) is 12.1 Å². The molecular formula is C17H19FN2O2S. The van der Waals surface area contributed by atoms with Crippen molar-refractivity contribution >= 4 is 23.4 Å².